The summed E-state index contributed by atoms with van der Waals surface area (Å²) < 4.78 is 4.44. The Labute approximate surface area is 83.9 Å². The van der Waals surface area contributed by atoms with Crippen molar-refractivity contribution in [2.75, 3.05) is 7.11 Å². The Kier molecular flexibility index (Phi) is 3.20. The van der Waals surface area contributed by atoms with Gasteiger partial charge in [0.15, 0.2) is 10.7 Å². The van der Waals surface area contributed by atoms with Gasteiger partial charge in [-0.3, -0.25) is 4.79 Å². The van der Waals surface area contributed by atoms with Crippen LogP contribution in [0.2, 0.25) is 0 Å². The minimum Gasteiger partial charge on any atom is -0.464 e. The summed E-state index contributed by atoms with van der Waals surface area (Å²) in [5.41, 5.74) is 4.98. The Balaban J connectivity index is 2.85. The second-order valence-electron chi connectivity index (χ2n) is 2.14. The zero-order valence-corrected chi connectivity index (χ0v) is 8.05. The zero-order chi connectivity index (χ0) is 10.6. The Bertz CT molecular complexity index is 427. The molecule has 0 aromatic carbocycles. The lowest BCUT2D eigenvalue weighted by atomic mass is 10.5. The van der Waals surface area contributed by atoms with Crippen molar-refractivity contribution in [1.82, 2.24) is 4.98 Å². The van der Waals surface area contributed by atoms with Crippen molar-refractivity contribution < 1.29 is 14.3 Å². The Morgan fingerprint density at radius 2 is 2.36 bits per heavy atom. The zero-order valence-electron chi connectivity index (χ0n) is 7.23. The van der Waals surface area contributed by atoms with Crippen molar-refractivity contribution in [2.24, 2.45) is 5.73 Å². The summed E-state index contributed by atoms with van der Waals surface area (Å²) in [7, 11) is 1.26. The molecule has 0 spiro atoms. The summed E-state index contributed by atoms with van der Waals surface area (Å²) in [4.78, 5) is 25.1. The monoisotopic (exact) mass is 210 g/mol. The first kappa shape index (κ1) is 10.2. The van der Waals surface area contributed by atoms with Gasteiger partial charge in [0, 0.05) is 11.3 Å². The van der Waals surface area contributed by atoms with Crippen LogP contribution in [-0.4, -0.2) is 24.0 Å². The van der Waals surface area contributed by atoms with E-state index in [1.165, 1.54) is 12.5 Å². The number of aromatic nitrogens is 1. The first-order valence-electron chi connectivity index (χ1n) is 3.49. The smallest absolute Gasteiger partial charge is 0.357 e. The summed E-state index contributed by atoms with van der Waals surface area (Å²) >= 11 is 1.14. The molecule has 0 saturated heterocycles. The van der Waals surface area contributed by atoms with Crippen LogP contribution in [0.4, 0.5) is 0 Å². The number of hydrogen-bond acceptors (Lipinski definition) is 5. The maximum atomic E-state index is 10.9. The van der Waals surface area contributed by atoms with E-state index in [2.05, 4.69) is 21.6 Å². The third-order valence-corrected chi connectivity index (χ3v) is 1.95. The minimum atomic E-state index is -0.736. The molecular weight excluding hydrogens is 204 g/mol. The predicted molar refractivity (Wildman–Crippen MR) is 49.5 cm³/mol. The fourth-order valence-electron chi connectivity index (χ4n) is 0.645. The number of hydrogen-bond donors (Lipinski definition) is 1. The van der Waals surface area contributed by atoms with Gasteiger partial charge in [-0.2, -0.15) is 0 Å². The Morgan fingerprint density at radius 1 is 1.64 bits per heavy atom. The van der Waals surface area contributed by atoms with Crippen molar-refractivity contribution >= 4 is 23.2 Å². The molecule has 0 aliphatic carbocycles. The molecule has 1 amide bonds. The van der Waals surface area contributed by atoms with E-state index in [0.29, 0.717) is 5.01 Å². The number of ether oxygens (including phenoxy) is 1. The van der Waals surface area contributed by atoms with Gasteiger partial charge in [0.25, 0.3) is 5.91 Å². The standard InChI is InChI=1S/C8H6N2O3S/c1-13-8(12)5-4-14-7(10-5)3-2-6(9)11/h4H,1H3,(H2,9,11). The Hall–Kier alpha value is -1.87. The number of rotatable bonds is 1. The van der Waals surface area contributed by atoms with Crippen LogP contribution in [0.15, 0.2) is 5.38 Å². The van der Waals surface area contributed by atoms with Gasteiger partial charge in [-0.1, -0.05) is 0 Å². The highest BCUT2D eigenvalue weighted by Gasteiger charge is 2.08. The third-order valence-electron chi connectivity index (χ3n) is 1.19. The van der Waals surface area contributed by atoms with Crippen LogP contribution in [0.1, 0.15) is 15.5 Å². The number of amides is 1. The molecule has 5 nitrogen and oxygen atoms in total. The van der Waals surface area contributed by atoms with Crippen molar-refractivity contribution in [3.05, 3.63) is 16.1 Å². The van der Waals surface area contributed by atoms with E-state index in [9.17, 15) is 9.59 Å². The number of thiazole rings is 1. The van der Waals surface area contributed by atoms with E-state index in [4.69, 9.17) is 5.73 Å². The number of nitrogens with two attached hydrogens (primary N) is 1. The SMILES string of the molecule is COC(=O)c1csc(C#CC(N)=O)n1. The molecule has 1 aromatic rings. The summed E-state index contributed by atoms with van der Waals surface area (Å²) in [6, 6.07) is 0. The molecule has 1 rings (SSSR count). The van der Waals surface area contributed by atoms with Crippen LogP contribution >= 0.6 is 11.3 Å². The van der Waals surface area contributed by atoms with Gasteiger partial charge >= 0.3 is 5.97 Å². The molecule has 0 fully saturated rings. The average molecular weight is 210 g/mol. The fourth-order valence-corrected chi connectivity index (χ4v) is 1.28. The van der Waals surface area contributed by atoms with Crippen LogP contribution < -0.4 is 5.73 Å². The fraction of sp³-hybridized carbons (Fsp3) is 0.125. The quantitative estimate of drug-likeness (QED) is 0.512. The van der Waals surface area contributed by atoms with E-state index in [1.54, 1.807) is 0 Å². The lowest BCUT2D eigenvalue weighted by molar-refractivity contribution is -0.112. The van der Waals surface area contributed by atoms with E-state index in [1.807, 2.05) is 0 Å². The molecule has 2 N–H and O–H groups in total. The van der Waals surface area contributed by atoms with Crippen LogP contribution in [-0.2, 0) is 9.53 Å². The predicted octanol–water partition coefficient (Wildman–Crippen LogP) is -0.233. The molecule has 0 saturated carbocycles. The van der Waals surface area contributed by atoms with Gasteiger partial charge in [-0.05, 0) is 5.92 Å². The van der Waals surface area contributed by atoms with Gasteiger partial charge in [0.05, 0.1) is 7.11 Å². The molecule has 14 heavy (non-hydrogen) atoms. The minimum absolute atomic E-state index is 0.172. The molecular formula is C8H6N2O3S. The number of carbonyl (C=O) groups is 2. The first-order valence-corrected chi connectivity index (χ1v) is 4.36. The topological polar surface area (TPSA) is 82.3 Å². The number of esters is 1. The maximum Gasteiger partial charge on any atom is 0.357 e. The van der Waals surface area contributed by atoms with Gasteiger partial charge in [-0.15, -0.1) is 11.3 Å². The first-order chi connectivity index (χ1) is 6.63. The van der Waals surface area contributed by atoms with E-state index < -0.39 is 11.9 Å². The largest absolute Gasteiger partial charge is 0.464 e. The number of nitrogens with zero attached hydrogens (tertiary/aromatic N) is 1. The van der Waals surface area contributed by atoms with Gasteiger partial charge in [0.2, 0.25) is 0 Å². The van der Waals surface area contributed by atoms with Crippen LogP contribution in [0.25, 0.3) is 0 Å². The van der Waals surface area contributed by atoms with Crippen molar-refractivity contribution in [3.63, 3.8) is 0 Å². The van der Waals surface area contributed by atoms with Gasteiger partial charge in [0.1, 0.15) is 0 Å². The van der Waals surface area contributed by atoms with Gasteiger partial charge < -0.3 is 10.5 Å². The molecule has 0 unspecified atom stereocenters. The van der Waals surface area contributed by atoms with Crippen LogP contribution in [0.5, 0.6) is 0 Å². The number of carbonyl (C=O) groups excluding carboxylic acids is 2. The van der Waals surface area contributed by atoms with E-state index >= 15 is 0 Å². The lowest BCUT2D eigenvalue weighted by Gasteiger charge is -1.89. The third kappa shape index (κ3) is 2.57. The maximum absolute atomic E-state index is 10.9. The molecule has 6 heteroatoms. The van der Waals surface area contributed by atoms with E-state index in [-0.39, 0.29) is 5.69 Å². The molecule has 0 bridgehead atoms. The highest BCUT2D eigenvalue weighted by Crippen LogP contribution is 2.08. The number of methoxy groups -OCH3 is 1. The highest BCUT2D eigenvalue weighted by atomic mass is 32.1. The summed E-state index contributed by atoms with van der Waals surface area (Å²) in [6.07, 6.45) is 0. The average Bonchev–Trinajstić information content (AvgIpc) is 2.62. The van der Waals surface area contributed by atoms with Crippen molar-refractivity contribution in [2.45, 2.75) is 0 Å². The second kappa shape index (κ2) is 4.39. The van der Waals surface area contributed by atoms with Crippen LogP contribution in [0.3, 0.4) is 0 Å². The van der Waals surface area contributed by atoms with Gasteiger partial charge in [-0.25, -0.2) is 9.78 Å². The second-order valence-corrected chi connectivity index (χ2v) is 3.00. The molecule has 72 valence electrons. The summed E-state index contributed by atoms with van der Waals surface area (Å²) in [5.74, 6) is 3.27. The lowest BCUT2D eigenvalue weighted by Crippen LogP contribution is -2.06. The Morgan fingerprint density at radius 3 is 2.93 bits per heavy atom. The van der Waals surface area contributed by atoms with Crippen molar-refractivity contribution in [3.8, 4) is 11.8 Å². The molecule has 1 heterocycles. The molecule has 0 aliphatic rings. The molecule has 1 aromatic heterocycles. The van der Waals surface area contributed by atoms with Crippen molar-refractivity contribution in [1.29, 1.82) is 0 Å². The number of primary amides is 1. The van der Waals surface area contributed by atoms with Crippen LogP contribution in [0, 0.1) is 11.8 Å². The molecule has 0 aliphatic heterocycles. The van der Waals surface area contributed by atoms with E-state index in [0.717, 1.165) is 11.3 Å². The summed E-state index contributed by atoms with van der Waals surface area (Å²) in [6.45, 7) is 0. The normalized spacial score (nSPS) is 8.64. The molecule has 0 atom stereocenters. The highest BCUT2D eigenvalue weighted by molar-refractivity contribution is 7.10. The summed E-state index contributed by atoms with van der Waals surface area (Å²) in [5, 5.41) is 1.85. The molecule has 0 radical (unpaired) electrons.